The van der Waals surface area contributed by atoms with Crippen molar-refractivity contribution in [2.45, 2.75) is 27.1 Å². The molecule has 0 saturated carbocycles. The highest BCUT2D eigenvalue weighted by molar-refractivity contribution is 5.87. The Labute approximate surface area is 90.2 Å². The van der Waals surface area contributed by atoms with Crippen LogP contribution in [0.5, 0.6) is 0 Å². The number of carbonyl (C=O) groups is 1. The largest absolute Gasteiger partial charge is 0.461 e. The minimum absolute atomic E-state index is 0.00347. The Morgan fingerprint density at radius 3 is 2.13 bits per heavy atom. The number of carbonyl (C=O) groups excluding carboxylic acids is 1. The van der Waals surface area contributed by atoms with Crippen LogP contribution < -0.4 is 5.73 Å². The Kier molecular flexibility index (Phi) is 7.67. The third-order valence-electron chi connectivity index (χ3n) is 1.49. The highest BCUT2D eigenvalue weighted by Crippen LogP contribution is 2.01. The average molecular weight is 217 g/mol. The summed E-state index contributed by atoms with van der Waals surface area (Å²) in [4.78, 5) is 11.2. The van der Waals surface area contributed by atoms with Crippen molar-refractivity contribution < 1.29 is 19.0 Å². The van der Waals surface area contributed by atoms with Gasteiger partial charge in [-0.3, -0.25) is 0 Å². The van der Waals surface area contributed by atoms with Gasteiger partial charge in [-0.25, -0.2) is 4.79 Å². The SMILES string of the molecule is CCOC(=O)C(N)=CC(OCC)OCC. The Hall–Kier alpha value is -1.07. The molecule has 2 N–H and O–H groups in total. The van der Waals surface area contributed by atoms with Gasteiger partial charge in [0.2, 0.25) is 0 Å². The second-order valence-electron chi connectivity index (χ2n) is 2.62. The molecule has 0 atom stereocenters. The van der Waals surface area contributed by atoms with Gasteiger partial charge in [-0.15, -0.1) is 0 Å². The second-order valence-corrected chi connectivity index (χ2v) is 2.62. The quantitative estimate of drug-likeness (QED) is 0.388. The smallest absolute Gasteiger partial charge is 0.354 e. The molecule has 0 aromatic carbocycles. The summed E-state index contributed by atoms with van der Waals surface area (Å²) < 4.78 is 15.1. The normalized spacial score (nSPS) is 11.9. The first-order valence-corrected chi connectivity index (χ1v) is 5.03. The predicted molar refractivity (Wildman–Crippen MR) is 55.9 cm³/mol. The lowest BCUT2D eigenvalue weighted by Gasteiger charge is -2.13. The Balaban J connectivity index is 4.30. The van der Waals surface area contributed by atoms with Crippen LogP contribution >= 0.6 is 0 Å². The molecule has 0 radical (unpaired) electrons. The van der Waals surface area contributed by atoms with Gasteiger partial charge in [-0.2, -0.15) is 0 Å². The van der Waals surface area contributed by atoms with E-state index < -0.39 is 12.3 Å². The highest BCUT2D eigenvalue weighted by atomic mass is 16.7. The maximum Gasteiger partial charge on any atom is 0.354 e. The molecule has 0 aliphatic rings. The summed E-state index contributed by atoms with van der Waals surface area (Å²) >= 11 is 0. The van der Waals surface area contributed by atoms with Gasteiger partial charge in [0.1, 0.15) is 5.70 Å². The Bertz CT molecular complexity index is 209. The monoisotopic (exact) mass is 217 g/mol. The van der Waals surface area contributed by atoms with Crippen molar-refractivity contribution in [1.82, 2.24) is 0 Å². The van der Waals surface area contributed by atoms with Crippen molar-refractivity contribution in [3.8, 4) is 0 Å². The first kappa shape index (κ1) is 13.9. The van der Waals surface area contributed by atoms with Crippen molar-refractivity contribution in [3.63, 3.8) is 0 Å². The molecule has 0 rings (SSSR count). The van der Waals surface area contributed by atoms with E-state index in [0.717, 1.165) is 0 Å². The first-order valence-electron chi connectivity index (χ1n) is 5.03. The second kappa shape index (κ2) is 8.26. The van der Waals surface area contributed by atoms with E-state index in [0.29, 0.717) is 19.8 Å². The van der Waals surface area contributed by atoms with Crippen molar-refractivity contribution in [2.75, 3.05) is 19.8 Å². The molecule has 0 fully saturated rings. The van der Waals surface area contributed by atoms with Gasteiger partial charge in [0.05, 0.1) is 6.61 Å². The third kappa shape index (κ3) is 6.09. The van der Waals surface area contributed by atoms with E-state index in [1.165, 1.54) is 6.08 Å². The van der Waals surface area contributed by atoms with Gasteiger partial charge in [-0.1, -0.05) is 0 Å². The number of nitrogens with two attached hydrogens (primary N) is 1. The predicted octanol–water partition coefficient (Wildman–Crippen LogP) is 0.791. The highest BCUT2D eigenvalue weighted by Gasteiger charge is 2.10. The van der Waals surface area contributed by atoms with Crippen molar-refractivity contribution in [2.24, 2.45) is 5.73 Å². The van der Waals surface area contributed by atoms with Gasteiger partial charge in [0, 0.05) is 19.3 Å². The molecular formula is C10H19NO4. The van der Waals surface area contributed by atoms with Crippen LogP contribution in [0.3, 0.4) is 0 Å². The van der Waals surface area contributed by atoms with Crippen LogP contribution in [0.4, 0.5) is 0 Å². The molecule has 0 aliphatic heterocycles. The van der Waals surface area contributed by atoms with Crippen LogP contribution in [-0.2, 0) is 19.0 Å². The maximum absolute atomic E-state index is 11.2. The molecule has 88 valence electrons. The van der Waals surface area contributed by atoms with Crippen LogP contribution in [0.1, 0.15) is 20.8 Å². The number of ether oxygens (including phenoxy) is 3. The van der Waals surface area contributed by atoms with E-state index in [-0.39, 0.29) is 5.70 Å². The zero-order valence-electron chi connectivity index (χ0n) is 9.49. The van der Waals surface area contributed by atoms with E-state index in [2.05, 4.69) is 0 Å². The molecule has 15 heavy (non-hydrogen) atoms. The van der Waals surface area contributed by atoms with Crippen molar-refractivity contribution in [1.29, 1.82) is 0 Å². The summed E-state index contributed by atoms with van der Waals surface area (Å²) in [6.45, 7) is 6.64. The summed E-state index contributed by atoms with van der Waals surface area (Å²) in [6, 6.07) is 0. The zero-order valence-corrected chi connectivity index (χ0v) is 9.49. The van der Waals surface area contributed by atoms with Gasteiger partial charge in [0.25, 0.3) is 0 Å². The topological polar surface area (TPSA) is 70.8 Å². The average Bonchev–Trinajstić information content (AvgIpc) is 2.18. The molecule has 5 heteroatoms. The van der Waals surface area contributed by atoms with Crippen molar-refractivity contribution in [3.05, 3.63) is 11.8 Å². The lowest BCUT2D eigenvalue weighted by atomic mass is 10.4. The van der Waals surface area contributed by atoms with Crippen LogP contribution in [0.15, 0.2) is 11.8 Å². The molecule has 0 heterocycles. The number of rotatable bonds is 7. The molecule has 5 nitrogen and oxygen atoms in total. The molecule has 0 amide bonds. The molecule has 0 aromatic rings. The third-order valence-corrected chi connectivity index (χ3v) is 1.49. The first-order chi connectivity index (χ1) is 7.15. The fraction of sp³-hybridized carbons (Fsp3) is 0.700. The van der Waals surface area contributed by atoms with Gasteiger partial charge in [0.15, 0.2) is 6.29 Å². The molecule has 0 aliphatic carbocycles. The molecule has 0 unspecified atom stereocenters. The Morgan fingerprint density at radius 2 is 1.73 bits per heavy atom. The molecule has 0 aromatic heterocycles. The fourth-order valence-corrected chi connectivity index (χ4v) is 0.902. The fourth-order valence-electron chi connectivity index (χ4n) is 0.902. The maximum atomic E-state index is 11.2. The summed E-state index contributed by atoms with van der Waals surface area (Å²) in [7, 11) is 0. The van der Waals surface area contributed by atoms with Gasteiger partial charge < -0.3 is 19.9 Å². The number of hydrogen-bond acceptors (Lipinski definition) is 5. The minimum atomic E-state index is -0.593. The lowest BCUT2D eigenvalue weighted by Crippen LogP contribution is -2.21. The zero-order chi connectivity index (χ0) is 11.7. The number of esters is 1. The van der Waals surface area contributed by atoms with Crippen LogP contribution in [0.25, 0.3) is 0 Å². The van der Waals surface area contributed by atoms with Gasteiger partial charge in [-0.05, 0) is 20.8 Å². The molecular weight excluding hydrogens is 198 g/mol. The minimum Gasteiger partial charge on any atom is -0.461 e. The lowest BCUT2D eigenvalue weighted by molar-refractivity contribution is -0.139. The summed E-state index contributed by atoms with van der Waals surface area (Å²) in [6.07, 6.45) is 0.815. The standard InChI is InChI=1S/C10H19NO4/c1-4-13-9(14-5-2)7-8(11)10(12)15-6-3/h7,9H,4-6,11H2,1-3H3. The van der Waals surface area contributed by atoms with E-state index >= 15 is 0 Å². The molecule has 0 bridgehead atoms. The number of hydrogen-bond donors (Lipinski definition) is 1. The van der Waals surface area contributed by atoms with Crippen LogP contribution in [0.2, 0.25) is 0 Å². The summed E-state index contributed by atoms with van der Waals surface area (Å²) in [5.74, 6) is -0.554. The van der Waals surface area contributed by atoms with E-state index in [1.807, 2.05) is 13.8 Å². The Morgan fingerprint density at radius 1 is 1.20 bits per heavy atom. The van der Waals surface area contributed by atoms with E-state index in [1.54, 1.807) is 6.92 Å². The van der Waals surface area contributed by atoms with Crippen LogP contribution in [-0.4, -0.2) is 32.1 Å². The van der Waals surface area contributed by atoms with Crippen molar-refractivity contribution >= 4 is 5.97 Å². The van der Waals surface area contributed by atoms with E-state index in [4.69, 9.17) is 19.9 Å². The van der Waals surface area contributed by atoms with E-state index in [9.17, 15) is 4.79 Å². The van der Waals surface area contributed by atoms with Gasteiger partial charge >= 0.3 is 5.97 Å². The molecule has 0 saturated heterocycles. The van der Waals surface area contributed by atoms with Crippen LogP contribution in [0, 0.1) is 0 Å². The summed E-state index contributed by atoms with van der Waals surface area (Å²) in [5, 5.41) is 0. The summed E-state index contributed by atoms with van der Waals surface area (Å²) in [5.41, 5.74) is 5.49. The molecule has 0 spiro atoms.